The Morgan fingerprint density at radius 3 is 2.69 bits per heavy atom. The van der Waals surface area contributed by atoms with E-state index in [-0.39, 0.29) is 17.4 Å². The number of nitrogens with one attached hydrogen (secondary N) is 2. The van der Waals surface area contributed by atoms with E-state index in [0.29, 0.717) is 6.04 Å². The quantitative estimate of drug-likeness (QED) is 0.751. The number of carbonyl (C=O) groups is 1. The van der Waals surface area contributed by atoms with Crippen LogP contribution in [0, 0.1) is 5.92 Å². The largest absolute Gasteiger partial charge is 0.351 e. The van der Waals surface area contributed by atoms with Crippen LogP contribution in [-0.4, -0.2) is 24.0 Å². The summed E-state index contributed by atoms with van der Waals surface area (Å²) in [4.78, 5) is 12.2. The second kappa shape index (κ2) is 4.74. The summed E-state index contributed by atoms with van der Waals surface area (Å²) in [6, 6.07) is 0.487. The number of hydrogen-bond acceptors (Lipinski definition) is 2. The zero-order chi connectivity index (χ0) is 11.6. The van der Waals surface area contributed by atoms with E-state index in [1.807, 2.05) is 0 Å². The molecule has 1 heterocycles. The molecule has 3 nitrogen and oxygen atoms in total. The minimum atomic E-state index is 0.0885. The van der Waals surface area contributed by atoms with E-state index in [9.17, 15) is 4.79 Å². The van der Waals surface area contributed by atoms with Crippen molar-refractivity contribution < 1.29 is 4.79 Å². The van der Waals surface area contributed by atoms with Crippen LogP contribution in [0.25, 0.3) is 0 Å². The molecule has 2 unspecified atom stereocenters. The summed E-state index contributed by atoms with van der Waals surface area (Å²) in [5, 5.41) is 6.67. The van der Waals surface area contributed by atoms with E-state index in [1.54, 1.807) is 0 Å². The standard InChI is InChI=1S/C13H24N2O/c1-10-9-11(5-8-14-10)12(16)15-13(2)6-3-4-7-13/h10-11,14H,3-9H2,1-2H3,(H,15,16). The van der Waals surface area contributed by atoms with Crippen LogP contribution >= 0.6 is 0 Å². The Labute approximate surface area is 98.4 Å². The van der Waals surface area contributed by atoms with Gasteiger partial charge in [0.25, 0.3) is 0 Å². The number of piperidine rings is 1. The fraction of sp³-hybridized carbons (Fsp3) is 0.923. The molecule has 0 spiro atoms. The Hall–Kier alpha value is -0.570. The first-order valence-electron chi connectivity index (χ1n) is 6.64. The molecule has 2 fully saturated rings. The second-order valence-corrected chi connectivity index (χ2v) is 5.83. The first-order chi connectivity index (χ1) is 7.59. The van der Waals surface area contributed by atoms with Crippen LogP contribution in [0.1, 0.15) is 52.4 Å². The molecule has 1 aliphatic heterocycles. The Morgan fingerprint density at radius 2 is 2.06 bits per heavy atom. The van der Waals surface area contributed by atoms with E-state index >= 15 is 0 Å². The summed E-state index contributed by atoms with van der Waals surface area (Å²) < 4.78 is 0. The Kier molecular flexibility index (Phi) is 3.53. The van der Waals surface area contributed by atoms with Gasteiger partial charge in [-0.1, -0.05) is 12.8 Å². The molecule has 0 bridgehead atoms. The molecule has 0 radical (unpaired) electrons. The zero-order valence-corrected chi connectivity index (χ0v) is 10.5. The van der Waals surface area contributed by atoms with E-state index in [4.69, 9.17) is 0 Å². The lowest BCUT2D eigenvalue weighted by atomic mass is 9.90. The molecule has 0 aromatic heterocycles. The van der Waals surface area contributed by atoms with Crippen molar-refractivity contribution in [1.29, 1.82) is 0 Å². The molecule has 92 valence electrons. The smallest absolute Gasteiger partial charge is 0.223 e. The van der Waals surface area contributed by atoms with Gasteiger partial charge in [0.05, 0.1) is 0 Å². The summed E-state index contributed by atoms with van der Waals surface area (Å²) in [5.74, 6) is 0.520. The molecular formula is C13H24N2O. The molecule has 2 atom stereocenters. The van der Waals surface area contributed by atoms with Crippen molar-refractivity contribution >= 4 is 5.91 Å². The molecule has 1 aliphatic carbocycles. The lowest BCUT2D eigenvalue weighted by Gasteiger charge is -2.32. The molecule has 1 amide bonds. The van der Waals surface area contributed by atoms with Crippen molar-refractivity contribution in [1.82, 2.24) is 10.6 Å². The fourth-order valence-corrected chi connectivity index (χ4v) is 3.05. The third kappa shape index (κ3) is 2.76. The summed E-state index contributed by atoms with van der Waals surface area (Å²) in [6.07, 6.45) is 6.81. The van der Waals surface area contributed by atoms with Gasteiger partial charge in [-0.3, -0.25) is 4.79 Å². The van der Waals surface area contributed by atoms with E-state index in [0.717, 1.165) is 32.2 Å². The van der Waals surface area contributed by atoms with Crippen LogP contribution in [0.2, 0.25) is 0 Å². The van der Waals surface area contributed by atoms with Crippen LogP contribution in [0.5, 0.6) is 0 Å². The van der Waals surface area contributed by atoms with Gasteiger partial charge in [0, 0.05) is 17.5 Å². The lowest BCUT2D eigenvalue weighted by Crippen LogP contribution is -2.49. The molecule has 2 N–H and O–H groups in total. The summed E-state index contributed by atoms with van der Waals surface area (Å²) in [5.41, 5.74) is 0.0885. The molecule has 2 aliphatic rings. The molecule has 2 rings (SSSR count). The minimum Gasteiger partial charge on any atom is -0.351 e. The van der Waals surface area contributed by atoms with Crippen molar-refractivity contribution in [3.05, 3.63) is 0 Å². The highest BCUT2D eigenvalue weighted by atomic mass is 16.2. The topological polar surface area (TPSA) is 41.1 Å². The maximum Gasteiger partial charge on any atom is 0.223 e. The Balaban J connectivity index is 1.87. The molecular weight excluding hydrogens is 200 g/mol. The van der Waals surface area contributed by atoms with Gasteiger partial charge in [0.15, 0.2) is 0 Å². The van der Waals surface area contributed by atoms with Crippen molar-refractivity contribution in [3.8, 4) is 0 Å². The highest BCUT2D eigenvalue weighted by molar-refractivity contribution is 5.79. The third-order valence-electron chi connectivity index (χ3n) is 4.13. The van der Waals surface area contributed by atoms with Crippen molar-refractivity contribution in [3.63, 3.8) is 0 Å². The highest BCUT2D eigenvalue weighted by Crippen LogP contribution is 2.29. The molecule has 16 heavy (non-hydrogen) atoms. The molecule has 3 heteroatoms. The van der Waals surface area contributed by atoms with Crippen LogP contribution in [0.15, 0.2) is 0 Å². The van der Waals surface area contributed by atoms with Crippen molar-refractivity contribution in [2.24, 2.45) is 5.92 Å². The average Bonchev–Trinajstić information content (AvgIpc) is 2.65. The minimum absolute atomic E-state index is 0.0885. The van der Waals surface area contributed by atoms with E-state index in [2.05, 4.69) is 24.5 Å². The monoisotopic (exact) mass is 224 g/mol. The van der Waals surface area contributed by atoms with Gasteiger partial charge in [-0.25, -0.2) is 0 Å². The normalized spacial score (nSPS) is 33.6. The van der Waals surface area contributed by atoms with Gasteiger partial charge in [0.2, 0.25) is 5.91 Å². The average molecular weight is 224 g/mol. The van der Waals surface area contributed by atoms with Crippen LogP contribution in [-0.2, 0) is 4.79 Å². The van der Waals surface area contributed by atoms with Crippen molar-refractivity contribution in [2.75, 3.05) is 6.54 Å². The van der Waals surface area contributed by atoms with Crippen LogP contribution in [0.3, 0.4) is 0 Å². The summed E-state index contributed by atoms with van der Waals surface area (Å²) in [7, 11) is 0. The Morgan fingerprint density at radius 1 is 1.38 bits per heavy atom. The van der Waals surface area contributed by atoms with Gasteiger partial charge in [-0.15, -0.1) is 0 Å². The predicted octanol–water partition coefficient (Wildman–Crippen LogP) is 1.82. The van der Waals surface area contributed by atoms with Gasteiger partial charge in [-0.05, 0) is 46.1 Å². The number of hydrogen-bond donors (Lipinski definition) is 2. The first kappa shape index (κ1) is 11.9. The van der Waals surface area contributed by atoms with E-state index < -0.39 is 0 Å². The highest BCUT2D eigenvalue weighted by Gasteiger charge is 2.33. The van der Waals surface area contributed by atoms with Crippen LogP contribution < -0.4 is 10.6 Å². The zero-order valence-electron chi connectivity index (χ0n) is 10.5. The van der Waals surface area contributed by atoms with Gasteiger partial charge >= 0.3 is 0 Å². The fourth-order valence-electron chi connectivity index (χ4n) is 3.05. The SMILES string of the molecule is CC1CC(C(=O)NC2(C)CCCC2)CCN1. The van der Waals surface area contributed by atoms with Crippen LogP contribution in [0.4, 0.5) is 0 Å². The Bertz CT molecular complexity index is 259. The molecule has 0 aromatic carbocycles. The van der Waals surface area contributed by atoms with Gasteiger partial charge < -0.3 is 10.6 Å². The predicted molar refractivity (Wildman–Crippen MR) is 65.2 cm³/mol. The van der Waals surface area contributed by atoms with Crippen molar-refractivity contribution in [2.45, 2.75) is 64.0 Å². The maximum atomic E-state index is 12.2. The lowest BCUT2D eigenvalue weighted by molar-refractivity contribution is -0.127. The van der Waals surface area contributed by atoms with Gasteiger partial charge in [0.1, 0.15) is 0 Å². The summed E-state index contributed by atoms with van der Waals surface area (Å²) >= 11 is 0. The maximum absolute atomic E-state index is 12.2. The second-order valence-electron chi connectivity index (χ2n) is 5.83. The third-order valence-corrected chi connectivity index (χ3v) is 4.13. The molecule has 1 saturated carbocycles. The number of amides is 1. The van der Waals surface area contributed by atoms with E-state index in [1.165, 1.54) is 12.8 Å². The molecule has 0 aromatic rings. The molecule has 1 saturated heterocycles. The number of carbonyl (C=O) groups excluding carboxylic acids is 1. The number of rotatable bonds is 2. The summed E-state index contributed by atoms with van der Waals surface area (Å²) in [6.45, 7) is 5.34. The first-order valence-corrected chi connectivity index (χ1v) is 6.64. The van der Waals surface area contributed by atoms with Gasteiger partial charge in [-0.2, -0.15) is 0 Å².